The van der Waals surface area contributed by atoms with Gasteiger partial charge in [-0.3, -0.25) is 14.6 Å². The Morgan fingerprint density at radius 2 is 2.00 bits per heavy atom. The molecule has 0 aliphatic rings. The number of halogens is 1. The molecule has 0 unspecified atom stereocenters. The minimum absolute atomic E-state index is 0.172. The molecule has 1 aromatic carbocycles. The van der Waals surface area contributed by atoms with Gasteiger partial charge in [0.2, 0.25) is 0 Å². The fourth-order valence-corrected chi connectivity index (χ4v) is 3.41. The third-order valence-corrected chi connectivity index (χ3v) is 5.07. The summed E-state index contributed by atoms with van der Waals surface area (Å²) in [6.07, 6.45) is 1.74. The topological polar surface area (TPSA) is 84.7 Å². The number of hydrogen-bond donors (Lipinski definition) is 1. The van der Waals surface area contributed by atoms with Crippen LogP contribution in [0.25, 0.3) is 0 Å². The van der Waals surface area contributed by atoms with Crippen LogP contribution in [0.1, 0.15) is 37.7 Å². The van der Waals surface area contributed by atoms with Crippen molar-refractivity contribution in [3.63, 3.8) is 0 Å². The quantitative estimate of drug-likeness (QED) is 0.568. The highest BCUT2D eigenvalue weighted by atomic mass is 79.9. The van der Waals surface area contributed by atoms with E-state index in [0.29, 0.717) is 22.5 Å². The molecule has 2 amide bonds. The molecule has 0 atom stereocenters. The number of hydrogen-bond acceptors (Lipinski definition) is 5. The van der Waals surface area contributed by atoms with Crippen molar-refractivity contribution in [1.29, 1.82) is 0 Å². The van der Waals surface area contributed by atoms with E-state index in [9.17, 15) is 9.59 Å². The second-order valence-electron chi connectivity index (χ2n) is 6.85. The van der Waals surface area contributed by atoms with Crippen molar-refractivity contribution in [2.75, 3.05) is 19.5 Å². The highest BCUT2D eigenvalue weighted by molar-refractivity contribution is 9.10. The fourth-order valence-electron chi connectivity index (χ4n) is 3.11. The number of aryl methyl sites for hydroxylation is 1. The molecule has 2 aromatic heterocycles. The predicted octanol–water partition coefficient (Wildman–Crippen LogP) is 4.59. The number of furan rings is 1. The zero-order valence-electron chi connectivity index (χ0n) is 17.2. The smallest absolute Gasteiger partial charge is 0.291 e. The van der Waals surface area contributed by atoms with Gasteiger partial charge in [0, 0.05) is 35.6 Å². The molecule has 0 aliphatic heterocycles. The van der Waals surface area contributed by atoms with Crippen LogP contribution in [-0.2, 0) is 6.54 Å². The molecule has 7 nitrogen and oxygen atoms in total. The van der Waals surface area contributed by atoms with E-state index >= 15 is 0 Å². The summed E-state index contributed by atoms with van der Waals surface area (Å²) in [5, 5.41) is 2.73. The van der Waals surface area contributed by atoms with E-state index in [1.807, 2.05) is 13.8 Å². The van der Waals surface area contributed by atoms with E-state index < -0.39 is 5.91 Å². The second-order valence-corrected chi connectivity index (χ2v) is 7.63. The number of anilines is 1. The highest BCUT2D eigenvalue weighted by Crippen LogP contribution is 2.25. The molecule has 2 heterocycles. The van der Waals surface area contributed by atoms with Crippen LogP contribution in [0.5, 0.6) is 5.75 Å². The summed E-state index contributed by atoms with van der Waals surface area (Å²) < 4.78 is 11.2. The number of rotatable bonds is 6. The Bertz CT molecular complexity index is 1090. The first-order chi connectivity index (χ1) is 14.3. The Labute approximate surface area is 183 Å². The van der Waals surface area contributed by atoms with Gasteiger partial charge in [-0.1, -0.05) is 6.07 Å². The Balaban J connectivity index is 1.74. The molecule has 0 saturated carbocycles. The highest BCUT2D eigenvalue weighted by Gasteiger charge is 2.17. The van der Waals surface area contributed by atoms with Crippen molar-refractivity contribution in [3.8, 4) is 5.75 Å². The van der Waals surface area contributed by atoms with E-state index in [1.54, 1.807) is 61.7 Å². The summed E-state index contributed by atoms with van der Waals surface area (Å²) in [5.41, 5.74) is 3.56. The van der Waals surface area contributed by atoms with Crippen molar-refractivity contribution >= 4 is 33.4 Å². The molecule has 156 valence electrons. The largest absolute Gasteiger partial charge is 0.496 e. The van der Waals surface area contributed by atoms with Crippen LogP contribution in [0.2, 0.25) is 0 Å². The van der Waals surface area contributed by atoms with E-state index in [4.69, 9.17) is 9.15 Å². The minimum Gasteiger partial charge on any atom is -0.496 e. The molecule has 1 N–H and O–H groups in total. The number of amides is 2. The van der Waals surface area contributed by atoms with Gasteiger partial charge in [-0.2, -0.15) is 0 Å². The number of benzene rings is 1. The third-order valence-electron chi connectivity index (χ3n) is 4.65. The lowest BCUT2D eigenvalue weighted by Crippen LogP contribution is -2.27. The summed E-state index contributed by atoms with van der Waals surface area (Å²) >= 11 is 3.17. The first kappa shape index (κ1) is 21.6. The maximum Gasteiger partial charge on any atom is 0.291 e. The number of carbonyl (C=O) groups excluding carboxylic acids is 2. The van der Waals surface area contributed by atoms with Crippen molar-refractivity contribution in [2.24, 2.45) is 0 Å². The summed E-state index contributed by atoms with van der Waals surface area (Å²) in [6, 6.07) is 9.96. The molecule has 30 heavy (non-hydrogen) atoms. The molecule has 0 spiro atoms. The van der Waals surface area contributed by atoms with Gasteiger partial charge in [0.25, 0.3) is 11.8 Å². The van der Waals surface area contributed by atoms with Crippen LogP contribution in [0.4, 0.5) is 5.69 Å². The molecule has 3 rings (SSSR count). The number of aromatic nitrogens is 1. The van der Waals surface area contributed by atoms with Gasteiger partial charge < -0.3 is 19.4 Å². The summed E-state index contributed by atoms with van der Waals surface area (Å²) in [6.45, 7) is 4.19. The maximum absolute atomic E-state index is 12.9. The van der Waals surface area contributed by atoms with E-state index in [-0.39, 0.29) is 11.7 Å². The average molecular weight is 472 g/mol. The van der Waals surface area contributed by atoms with Gasteiger partial charge in [0.1, 0.15) is 5.75 Å². The van der Waals surface area contributed by atoms with Gasteiger partial charge in [-0.15, -0.1) is 0 Å². The lowest BCUT2D eigenvalue weighted by Gasteiger charge is -2.20. The number of pyridine rings is 1. The van der Waals surface area contributed by atoms with Crippen molar-refractivity contribution < 1.29 is 18.7 Å². The number of methoxy groups -OCH3 is 1. The Morgan fingerprint density at radius 1 is 1.23 bits per heavy atom. The standard InChI is InChI=1S/C22H22BrN3O4/c1-13-11-24-17(14(2)20(13)29-4)12-26(3)22(28)15-6-5-7-16(10-15)25-21(27)18-8-9-19(23)30-18/h5-11H,12H2,1-4H3,(H,25,27). The average Bonchev–Trinajstić information content (AvgIpc) is 3.16. The summed E-state index contributed by atoms with van der Waals surface area (Å²) in [5.74, 6) is 0.360. The molecule has 0 saturated heterocycles. The molecule has 0 bridgehead atoms. The molecule has 8 heteroatoms. The van der Waals surface area contributed by atoms with Crippen molar-refractivity contribution in [3.05, 3.63) is 75.4 Å². The van der Waals surface area contributed by atoms with Crippen molar-refractivity contribution in [2.45, 2.75) is 20.4 Å². The number of carbonyl (C=O) groups is 2. The van der Waals surface area contributed by atoms with Gasteiger partial charge in [0.15, 0.2) is 10.4 Å². The monoisotopic (exact) mass is 471 g/mol. The van der Waals surface area contributed by atoms with Crippen LogP contribution in [0, 0.1) is 13.8 Å². The van der Waals surface area contributed by atoms with E-state index in [2.05, 4.69) is 26.2 Å². The molecular formula is C22H22BrN3O4. The van der Waals surface area contributed by atoms with E-state index in [1.165, 1.54) is 0 Å². The van der Waals surface area contributed by atoms with Gasteiger partial charge in [-0.05, 0) is 60.1 Å². The third kappa shape index (κ3) is 4.71. The fraction of sp³-hybridized carbons (Fsp3) is 0.227. The SMILES string of the molecule is COc1c(C)cnc(CN(C)C(=O)c2cccc(NC(=O)c3ccc(Br)o3)c2)c1C. The number of nitrogens with one attached hydrogen (secondary N) is 1. The number of ether oxygens (including phenoxy) is 1. The van der Waals surface area contributed by atoms with Crippen LogP contribution in [-0.4, -0.2) is 35.9 Å². The summed E-state index contributed by atoms with van der Waals surface area (Å²) in [4.78, 5) is 31.2. The first-order valence-electron chi connectivity index (χ1n) is 9.21. The van der Waals surface area contributed by atoms with Gasteiger partial charge in [0.05, 0.1) is 19.3 Å². The van der Waals surface area contributed by atoms with Crippen LogP contribution in [0.15, 0.2) is 51.7 Å². The molecule has 0 radical (unpaired) electrons. The summed E-state index contributed by atoms with van der Waals surface area (Å²) in [7, 11) is 3.33. The Hall–Kier alpha value is -3.13. The zero-order valence-corrected chi connectivity index (χ0v) is 18.7. The lowest BCUT2D eigenvalue weighted by molar-refractivity contribution is 0.0782. The molecule has 0 fully saturated rings. The van der Waals surface area contributed by atoms with Crippen LogP contribution >= 0.6 is 15.9 Å². The lowest BCUT2D eigenvalue weighted by atomic mass is 10.1. The van der Waals surface area contributed by atoms with Crippen LogP contribution < -0.4 is 10.1 Å². The minimum atomic E-state index is -0.398. The van der Waals surface area contributed by atoms with Gasteiger partial charge >= 0.3 is 0 Å². The van der Waals surface area contributed by atoms with E-state index in [0.717, 1.165) is 22.6 Å². The first-order valence-corrected chi connectivity index (χ1v) is 10.0. The van der Waals surface area contributed by atoms with Gasteiger partial charge in [-0.25, -0.2) is 0 Å². The normalized spacial score (nSPS) is 10.6. The molecular weight excluding hydrogens is 450 g/mol. The Kier molecular flexibility index (Phi) is 6.56. The Morgan fingerprint density at radius 3 is 2.67 bits per heavy atom. The molecule has 3 aromatic rings. The maximum atomic E-state index is 12.9. The second kappa shape index (κ2) is 9.13. The predicted molar refractivity (Wildman–Crippen MR) is 117 cm³/mol. The van der Waals surface area contributed by atoms with Crippen LogP contribution in [0.3, 0.4) is 0 Å². The van der Waals surface area contributed by atoms with Crippen molar-refractivity contribution in [1.82, 2.24) is 9.88 Å². The number of nitrogens with zero attached hydrogens (tertiary/aromatic N) is 2. The zero-order chi connectivity index (χ0) is 21.8. The molecule has 0 aliphatic carbocycles.